The lowest BCUT2D eigenvalue weighted by atomic mass is 10.2. The number of pyridine rings is 1. The third-order valence-corrected chi connectivity index (χ3v) is 3.60. The maximum Gasteiger partial charge on any atom is 0.246 e. The summed E-state index contributed by atoms with van der Waals surface area (Å²) in [5.74, 6) is 0.412. The Balaban J connectivity index is 1.73. The molecular formula is C16H24N2O4. The fraction of sp³-hybridized carbons (Fsp3) is 0.625. The lowest BCUT2D eigenvalue weighted by Gasteiger charge is -2.12. The smallest absolute Gasteiger partial charge is 0.246 e. The van der Waals surface area contributed by atoms with Crippen LogP contribution in [-0.2, 0) is 20.8 Å². The average Bonchev–Trinajstić information content (AvgIpc) is 3.05. The van der Waals surface area contributed by atoms with Gasteiger partial charge in [-0.05, 0) is 18.9 Å². The monoisotopic (exact) mass is 308 g/mol. The maximum atomic E-state index is 11.8. The fourth-order valence-corrected chi connectivity index (χ4v) is 2.40. The lowest BCUT2D eigenvalue weighted by Crippen LogP contribution is -2.29. The minimum atomic E-state index is -0.112. The predicted octanol–water partition coefficient (Wildman–Crippen LogP) is 1.68. The number of rotatable bonds is 9. The normalized spacial score (nSPS) is 15.0. The van der Waals surface area contributed by atoms with E-state index in [1.54, 1.807) is 13.3 Å². The summed E-state index contributed by atoms with van der Waals surface area (Å²) >= 11 is 0. The Morgan fingerprint density at radius 1 is 1.36 bits per heavy atom. The molecule has 0 bridgehead atoms. The number of hydrogen-bond acceptors (Lipinski definition) is 5. The molecule has 6 heteroatoms. The van der Waals surface area contributed by atoms with E-state index >= 15 is 0 Å². The average molecular weight is 308 g/mol. The molecule has 0 aliphatic heterocycles. The molecule has 1 N–H and O–H groups in total. The Morgan fingerprint density at radius 2 is 2.18 bits per heavy atom. The predicted molar refractivity (Wildman–Crippen MR) is 81.7 cm³/mol. The Bertz CT molecular complexity index is 461. The van der Waals surface area contributed by atoms with Gasteiger partial charge in [-0.25, -0.2) is 4.98 Å². The van der Waals surface area contributed by atoms with E-state index in [1.807, 2.05) is 12.1 Å². The number of carbonyl (C=O) groups is 1. The molecule has 122 valence electrons. The molecule has 2 rings (SSSR count). The van der Waals surface area contributed by atoms with Crippen LogP contribution in [0.3, 0.4) is 0 Å². The number of amides is 1. The molecule has 1 aliphatic carbocycles. The van der Waals surface area contributed by atoms with Gasteiger partial charge in [-0.2, -0.15) is 0 Å². The summed E-state index contributed by atoms with van der Waals surface area (Å²) in [4.78, 5) is 16.0. The van der Waals surface area contributed by atoms with Crippen molar-refractivity contribution < 1.29 is 19.0 Å². The number of methoxy groups -OCH3 is 1. The number of hydrogen-bond donors (Lipinski definition) is 1. The van der Waals surface area contributed by atoms with Gasteiger partial charge in [0.1, 0.15) is 13.2 Å². The second-order valence-electron chi connectivity index (χ2n) is 5.30. The molecule has 1 aliphatic rings. The van der Waals surface area contributed by atoms with Gasteiger partial charge < -0.3 is 19.5 Å². The van der Waals surface area contributed by atoms with Gasteiger partial charge >= 0.3 is 0 Å². The van der Waals surface area contributed by atoms with Crippen molar-refractivity contribution in [3.63, 3.8) is 0 Å². The highest BCUT2D eigenvalue weighted by Crippen LogP contribution is 2.20. The van der Waals surface area contributed by atoms with Gasteiger partial charge in [0.15, 0.2) is 0 Å². The van der Waals surface area contributed by atoms with Gasteiger partial charge in [-0.1, -0.05) is 18.9 Å². The first-order valence-corrected chi connectivity index (χ1v) is 7.73. The first-order chi connectivity index (χ1) is 10.8. The summed E-state index contributed by atoms with van der Waals surface area (Å²) in [5.41, 5.74) is 0.841. The molecule has 1 aromatic heterocycles. The van der Waals surface area contributed by atoms with Gasteiger partial charge in [0.25, 0.3) is 0 Å². The lowest BCUT2D eigenvalue weighted by molar-refractivity contribution is -0.127. The third kappa shape index (κ3) is 5.61. The van der Waals surface area contributed by atoms with E-state index in [9.17, 15) is 4.79 Å². The second-order valence-corrected chi connectivity index (χ2v) is 5.30. The molecule has 1 heterocycles. The Labute approximate surface area is 131 Å². The SMILES string of the molecule is COCCOc1ncccc1CNC(=O)COC1CCCC1. The topological polar surface area (TPSA) is 69.7 Å². The first kappa shape index (κ1) is 16.7. The summed E-state index contributed by atoms with van der Waals surface area (Å²) in [6, 6.07) is 3.70. The van der Waals surface area contributed by atoms with Crippen LogP contribution in [0.25, 0.3) is 0 Å². The molecule has 1 aromatic rings. The molecule has 22 heavy (non-hydrogen) atoms. The van der Waals surface area contributed by atoms with Crippen LogP contribution >= 0.6 is 0 Å². The molecule has 1 amide bonds. The molecule has 0 saturated heterocycles. The van der Waals surface area contributed by atoms with Crippen LogP contribution in [0.15, 0.2) is 18.3 Å². The van der Waals surface area contributed by atoms with Crippen LogP contribution in [0.1, 0.15) is 31.2 Å². The second kappa shape index (κ2) is 9.38. The molecule has 6 nitrogen and oxygen atoms in total. The quantitative estimate of drug-likeness (QED) is 0.703. The van der Waals surface area contributed by atoms with Crippen molar-refractivity contribution in [1.82, 2.24) is 10.3 Å². The summed E-state index contributed by atoms with van der Waals surface area (Å²) < 4.78 is 16.1. The van der Waals surface area contributed by atoms with Crippen molar-refractivity contribution in [3.8, 4) is 5.88 Å². The molecule has 1 fully saturated rings. The summed E-state index contributed by atoms with van der Waals surface area (Å²) in [6.45, 7) is 1.42. The molecule has 0 aromatic carbocycles. The highest BCUT2D eigenvalue weighted by atomic mass is 16.5. The van der Waals surface area contributed by atoms with E-state index in [0.717, 1.165) is 18.4 Å². The van der Waals surface area contributed by atoms with Gasteiger partial charge in [-0.3, -0.25) is 4.79 Å². The number of carbonyl (C=O) groups excluding carboxylic acids is 1. The molecule has 0 spiro atoms. The summed E-state index contributed by atoms with van der Waals surface area (Å²) in [5, 5.41) is 2.84. The van der Waals surface area contributed by atoms with Crippen LogP contribution in [0.4, 0.5) is 0 Å². The molecular weight excluding hydrogens is 284 g/mol. The van der Waals surface area contributed by atoms with E-state index < -0.39 is 0 Å². The number of aromatic nitrogens is 1. The zero-order valence-electron chi connectivity index (χ0n) is 13.0. The fourth-order valence-electron chi connectivity index (χ4n) is 2.40. The minimum Gasteiger partial charge on any atom is -0.475 e. The third-order valence-electron chi connectivity index (χ3n) is 3.60. The van der Waals surface area contributed by atoms with E-state index in [1.165, 1.54) is 12.8 Å². The van der Waals surface area contributed by atoms with E-state index in [0.29, 0.717) is 25.6 Å². The highest BCUT2D eigenvalue weighted by Gasteiger charge is 2.16. The molecule has 0 unspecified atom stereocenters. The Hall–Kier alpha value is -1.66. The van der Waals surface area contributed by atoms with Crippen molar-refractivity contribution in [3.05, 3.63) is 23.9 Å². The van der Waals surface area contributed by atoms with Crippen LogP contribution in [0, 0.1) is 0 Å². The van der Waals surface area contributed by atoms with Crippen molar-refractivity contribution in [2.45, 2.75) is 38.3 Å². The standard InChI is InChI=1S/C16H24N2O4/c1-20-9-10-21-16-13(5-4-8-17-16)11-18-15(19)12-22-14-6-2-3-7-14/h4-5,8,14H,2-3,6-7,9-12H2,1H3,(H,18,19). The van der Waals surface area contributed by atoms with Gasteiger partial charge in [0.05, 0.1) is 12.7 Å². The zero-order valence-corrected chi connectivity index (χ0v) is 13.0. The summed E-state index contributed by atoms with van der Waals surface area (Å²) in [6.07, 6.45) is 6.43. The minimum absolute atomic E-state index is 0.112. The first-order valence-electron chi connectivity index (χ1n) is 7.73. The van der Waals surface area contributed by atoms with Crippen LogP contribution in [-0.4, -0.2) is 43.9 Å². The van der Waals surface area contributed by atoms with Crippen molar-refractivity contribution in [2.75, 3.05) is 26.9 Å². The van der Waals surface area contributed by atoms with Gasteiger partial charge in [-0.15, -0.1) is 0 Å². The van der Waals surface area contributed by atoms with Gasteiger partial charge in [0, 0.05) is 25.4 Å². The van der Waals surface area contributed by atoms with E-state index in [4.69, 9.17) is 14.2 Å². The number of ether oxygens (including phenoxy) is 3. The number of nitrogens with one attached hydrogen (secondary N) is 1. The Kier molecular flexibility index (Phi) is 7.12. The zero-order chi connectivity index (χ0) is 15.6. The molecule has 1 saturated carbocycles. The van der Waals surface area contributed by atoms with E-state index in [-0.39, 0.29) is 18.6 Å². The maximum absolute atomic E-state index is 11.8. The van der Waals surface area contributed by atoms with Crippen LogP contribution in [0.2, 0.25) is 0 Å². The van der Waals surface area contributed by atoms with Crippen LogP contribution < -0.4 is 10.1 Å². The summed E-state index contributed by atoms with van der Waals surface area (Å²) in [7, 11) is 1.62. The molecule has 0 atom stereocenters. The van der Waals surface area contributed by atoms with Crippen molar-refractivity contribution in [1.29, 1.82) is 0 Å². The molecule has 0 radical (unpaired) electrons. The van der Waals surface area contributed by atoms with Crippen molar-refractivity contribution in [2.24, 2.45) is 0 Å². The van der Waals surface area contributed by atoms with Crippen LogP contribution in [0.5, 0.6) is 5.88 Å². The Morgan fingerprint density at radius 3 is 2.95 bits per heavy atom. The van der Waals surface area contributed by atoms with Gasteiger partial charge in [0.2, 0.25) is 11.8 Å². The highest BCUT2D eigenvalue weighted by molar-refractivity contribution is 5.77. The van der Waals surface area contributed by atoms with Crippen molar-refractivity contribution >= 4 is 5.91 Å². The number of nitrogens with zero attached hydrogens (tertiary/aromatic N) is 1. The van der Waals surface area contributed by atoms with E-state index in [2.05, 4.69) is 10.3 Å². The largest absolute Gasteiger partial charge is 0.475 e.